The number of carbonyl (C=O) groups excluding carboxylic acids is 3. The summed E-state index contributed by atoms with van der Waals surface area (Å²) in [5.41, 5.74) is 1.63. The summed E-state index contributed by atoms with van der Waals surface area (Å²) in [6.07, 6.45) is 0. The second kappa shape index (κ2) is 6.85. The lowest BCUT2D eigenvalue weighted by atomic mass is 9.94. The van der Waals surface area contributed by atoms with Gasteiger partial charge in [-0.3, -0.25) is 19.3 Å². The van der Waals surface area contributed by atoms with Gasteiger partial charge in [0.15, 0.2) is 0 Å². The minimum Gasteiger partial charge on any atom is -0.350 e. The van der Waals surface area contributed by atoms with E-state index in [1.165, 1.54) is 0 Å². The molecule has 3 amide bonds. The Morgan fingerprint density at radius 2 is 1.52 bits per heavy atom. The zero-order valence-corrected chi connectivity index (χ0v) is 15.0. The molecule has 1 heterocycles. The fourth-order valence-corrected chi connectivity index (χ4v) is 3.46. The van der Waals surface area contributed by atoms with Crippen LogP contribution in [0.3, 0.4) is 0 Å². The molecule has 0 spiro atoms. The van der Waals surface area contributed by atoms with Crippen molar-refractivity contribution in [1.82, 2.24) is 10.2 Å². The third-order valence-electron chi connectivity index (χ3n) is 4.59. The minimum atomic E-state index is -0.461. The first-order valence-electron chi connectivity index (χ1n) is 8.44. The number of nitrogens with zero attached hydrogens (tertiary/aromatic N) is 1. The van der Waals surface area contributed by atoms with Gasteiger partial charge in [0.25, 0.3) is 11.8 Å². The van der Waals surface area contributed by atoms with E-state index in [4.69, 9.17) is 11.6 Å². The molecule has 0 aromatic heterocycles. The second-order valence-corrected chi connectivity index (χ2v) is 6.68. The van der Waals surface area contributed by atoms with Gasteiger partial charge in [-0.2, -0.15) is 0 Å². The van der Waals surface area contributed by atoms with E-state index in [9.17, 15) is 14.4 Å². The number of amides is 3. The van der Waals surface area contributed by atoms with Crippen LogP contribution < -0.4 is 5.32 Å². The number of imide groups is 1. The van der Waals surface area contributed by atoms with E-state index in [0.717, 1.165) is 15.8 Å². The fraction of sp³-hybridized carbons (Fsp3) is 0.0952. The zero-order valence-electron chi connectivity index (χ0n) is 14.2. The third kappa shape index (κ3) is 3.06. The Morgan fingerprint density at radius 3 is 2.15 bits per heavy atom. The third-order valence-corrected chi connectivity index (χ3v) is 4.96. The van der Waals surface area contributed by atoms with Crippen LogP contribution in [0.15, 0.2) is 60.7 Å². The van der Waals surface area contributed by atoms with E-state index in [1.807, 2.05) is 18.2 Å². The van der Waals surface area contributed by atoms with Gasteiger partial charge in [-0.05, 0) is 29.1 Å². The first kappa shape index (κ1) is 17.2. The zero-order chi connectivity index (χ0) is 19.0. The summed E-state index contributed by atoms with van der Waals surface area (Å²) in [6, 6.07) is 17.8. The number of carbonyl (C=O) groups is 3. The molecular weight excluding hydrogens is 364 g/mol. The van der Waals surface area contributed by atoms with Gasteiger partial charge < -0.3 is 5.32 Å². The van der Waals surface area contributed by atoms with Crippen molar-refractivity contribution in [2.24, 2.45) is 0 Å². The number of nitrogens with one attached hydrogen (secondary N) is 1. The van der Waals surface area contributed by atoms with Crippen LogP contribution in [-0.2, 0) is 11.3 Å². The molecule has 1 N–H and O–H groups in total. The second-order valence-electron chi connectivity index (χ2n) is 6.27. The Hall–Kier alpha value is -3.18. The van der Waals surface area contributed by atoms with Gasteiger partial charge >= 0.3 is 0 Å². The number of hydrogen-bond donors (Lipinski definition) is 1. The molecule has 0 radical (unpaired) electrons. The van der Waals surface area contributed by atoms with Gasteiger partial charge in [0.2, 0.25) is 5.91 Å². The summed E-state index contributed by atoms with van der Waals surface area (Å²) < 4.78 is 0. The van der Waals surface area contributed by atoms with Crippen molar-refractivity contribution in [2.45, 2.75) is 6.54 Å². The number of rotatable bonds is 4. The summed E-state index contributed by atoms with van der Waals surface area (Å²) in [4.78, 5) is 38.9. The summed E-state index contributed by atoms with van der Waals surface area (Å²) in [5, 5.41) is 4.72. The molecule has 0 saturated carbocycles. The number of benzene rings is 3. The lowest BCUT2D eigenvalue weighted by Crippen LogP contribution is -2.46. The maximum absolute atomic E-state index is 12.8. The predicted octanol–water partition coefficient (Wildman–Crippen LogP) is 3.41. The van der Waals surface area contributed by atoms with Crippen molar-refractivity contribution in [3.63, 3.8) is 0 Å². The molecule has 4 rings (SSSR count). The lowest BCUT2D eigenvalue weighted by Gasteiger charge is -2.26. The smallest absolute Gasteiger partial charge is 0.261 e. The Labute approximate surface area is 160 Å². The SMILES string of the molecule is O=C(CN1C(=O)c2cccc3cccc(c23)C1=O)NCc1ccccc1Cl. The van der Waals surface area contributed by atoms with Crippen molar-refractivity contribution >= 4 is 40.1 Å². The van der Waals surface area contributed by atoms with Crippen LogP contribution in [0.25, 0.3) is 10.8 Å². The number of halogens is 1. The molecule has 5 nitrogen and oxygen atoms in total. The molecule has 27 heavy (non-hydrogen) atoms. The van der Waals surface area contributed by atoms with Gasteiger partial charge in [0.05, 0.1) is 0 Å². The molecule has 6 heteroatoms. The molecule has 3 aromatic rings. The normalized spacial score (nSPS) is 13.1. The summed E-state index contributed by atoms with van der Waals surface area (Å²) in [5.74, 6) is -1.35. The van der Waals surface area contributed by atoms with Crippen LogP contribution >= 0.6 is 11.6 Å². The van der Waals surface area contributed by atoms with E-state index >= 15 is 0 Å². The van der Waals surface area contributed by atoms with Gasteiger partial charge in [-0.15, -0.1) is 0 Å². The fourth-order valence-electron chi connectivity index (χ4n) is 3.26. The Balaban J connectivity index is 1.55. The topological polar surface area (TPSA) is 66.5 Å². The van der Waals surface area contributed by atoms with Crippen molar-refractivity contribution in [3.05, 3.63) is 82.4 Å². The molecular formula is C21H15ClN2O3. The van der Waals surface area contributed by atoms with E-state index in [2.05, 4.69) is 5.32 Å². The van der Waals surface area contributed by atoms with Crippen LogP contribution in [0.4, 0.5) is 0 Å². The molecule has 134 valence electrons. The van der Waals surface area contributed by atoms with Gasteiger partial charge in [0, 0.05) is 28.1 Å². The van der Waals surface area contributed by atoms with Crippen LogP contribution in [0.5, 0.6) is 0 Å². The predicted molar refractivity (Wildman–Crippen MR) is 103 cm³/mol. The summed E-state index contributed by atoms with van der Waals surface area (Å²) in [7, 11) is 0. The highest BCUT2D eigenvalue weighted by atomic mass is 35.5. The Kier molecular flexibility index (Phi) is 4.38. The monoisotopic (exact) mass is 378 g/mol. The van der Waals surface area contributed by atoms with Crippen LogP contribution in [0.1, 0.15) is 26.3 Å². The van der Waals surface area contributed by atoms with Crippen molar-refractivity contribution < 1.29 is 14.4 Å². The molecule has 3 aromatic carbocycles. The first-order chi connectivity index (χ1) is 13.1. The van der Waals surface area contributed by atoms with E-state index in [0.29, 0.717) is 21.5 Å². The van der Waals surface area contributed by atoms with Gasteiger partial charge in [-0.25, -0.2) is 0 Å². The molecule has 0 atom stereocenters. The minimum absolute atomic E-state index is 0.223. The van der Waals surface area contributed by atoms with Crippen LogP contribution in [0, 0.1) is 0 Å². The quantitative estimate of drug-likeness (QED) is 0.707. The molecule has 1 aliphatic rings. The molecule has 0 fully saturated rings. The highest BCUT2D eigenvalue weighted by molar-refractivity contribution is 6.31. The number of hydrogen-bond acceptors (Lipinski definition) is 3. The standard InChI is InChI=1S/C21H15ClN2O3/c22-17-10-2-1-5-14(17)11-23-18(25)12-24-20(26)15-8-3-6-13-7-4-9-16(19(13)15)21(24)27/h1-10H,11-12H2,(H,23,25). The van der Waals surface area contributed by atoms with E-state index < -0.39 is 17.7 Å². The molecule has 1 aliphatic heterocycles. The van der Waals surface area contributed by atoms with Crippen LogP contribution in [0.2, 0.25) is 5.02 Å². The van der Waals surface area contributed by atoms with Crippen LogP contribution in [-0.4, -0.2) is 29.2 Å². The van der Waals surface area contributed by atoms with Gasteiger partial charge in [-0.1, -0.05) is 54.1 Å². The molecule has 0 aliphatic carbocycles. The summed E-state index contributed by atoms with van der Waals surface area (Å²) in [6.45, 7) is -0.117. The van der Waals surface area contributed by atoms with Gasteiger partial charge in [0.1, 0.15) is 6.54 Å². The van der Waals surface area contributed by atoms with E-state index in [-0.39, 0.29) is 13.1 Å². The molecule has 0 unspecified atom stereocenters. The van der Waals surface area contributed by atoms with Crippen molar-refractivity contribution in [3.8, 4) is 0 Å². The lowest BCUT2D eigenvalue weighted by molar-refractivity contribution is -0.121. The van der Waals surface area contributed by atoms with Crippen molar-refractivity contribution in [2.75, 3.05) is 6.54 Å². The Morgan fingerprint density at radius 1 is 0.889 bits per heavy atom. The van der Waals surface area contributed by atoms with E-state index in [1.54, 1.807) is 42.5 Å². The largest absolute Gasteiger partial charge is 0.350 e. The average Bonchev–Trinajstić information content (AvgIpc) is 2.68. The highest BCUT2D eigenvalue weighted by Gasteiger charge is 2.33. The van der Waals surface area contributed by atoms with Crippen molar-refractivity contribution in [1.29, 1.82) is 0 Å². The summed E-state index contributed by atoms with van der Waals surface area (Å²) >= 11 is 6.08. The first-order valence-corrected chi connectivity index (χ1v) is 8.82. The average molecular weight is 379 g/mol. The molecule has 0 saturated heterocycles. The Bertz CT molecular complexity index is 1040. The molecule has 0 bridgehead atoms. The maximum atomic E-state index is 12.8. The maximum Gasteiger partial charge on any atom is 0.261 e. The highest BCUT2D eigenvalue weighted by Crippen LogP contribution is 2.29.